The molecule has 0 fully saturated rings. The number of unbranched alkanes of at least 4 members (excludes halogenated alkanes) is 1. The number of rotatable bonds is 8. The third kappa shape index (κ3) is 4.80. The minimum absolute atomic E-state index is 0.0677. The van der Waals surface area contributed by atoms with E-state index in [1.165, 1.54) is 6.92 Å². The van der Waals surface area contributed by atoms with Crippen LogP contribution in [0.5, 0.6) is 0 Å². The fourth-order valence-electron chi connectivity index (χ4n) is 3.16. The van der Waals surface area contributed by atoms with Gasteiger partial charge in [-0.1, -0.05) is 0 Å². The molecule has 1 aromatic carbocycles. The zero-order valence-electron chi connectivity index (χ0n) is 16.9. The average Bonchev–Trinajstić information content (AvgIpc) is 3.04. The molecular formula is C21H24N6O3. The highest BCUT2D eigenvalue weighted by atomic mass is 16.2. The highest BCUT2D eigenvalue weighted by molar-refractivity contribution is 6.05. The van der Waals surface area contributed by atoms with Crippen LogP contribution in [0.4, 0.5) is 5.95 Å². The van der Waals surface area contributed by atoms with Crippen LogP contribution in [0.2, 0.25) is 0 Å². The summed E-state index contributed by atoms with van der Waals surface area (Å²) in [5.41, 5.74) is 8.13. The van der Waals surface area contributed by atoms with Crippen LogP contribution in [-0.4, -0.2) is 38.8 Å². The van der Waals surface area contributed by atoms with E-state index in [0.29, 0.717) is 41.4 Å². The maximum absolute atomic E-state index is 12.8. The number of aryl methyl sites for hydroxylation is 2. The molecule has 3 aromatic rings. The fourth-order valence-corrected chi connectivity index (χ4v) is 3.16. The molecule has 0 aliphatic rings. The summed E-state index contributed by atoms with van der Waals surface area (Å²) in [7, 11) is 0. The van der Waals surface area contributed by atoms with Gasteiger partial charge in [-0.15, -0.1) is 0 Å². The van der Waals surface area contributed by atoms with Crippen molar-refractivity contribution in [2.75, 3.05) is 11.9 Å². The molecule has 0 unspecified atom stereocenters. The van der Waals surface area contributed by atoms with Crippen molar-refractivity contribution in [3.05, 3.63) is 53.3 Å². The topological polar surface area (TPSA) is 132 Å². The summed E-state index contributed by atoms with van der Waals surface area (Å²) in [4.78, 5) is 44.0. The van der Waals surface area contributed by atoms with E-state index in [0.717, 1.165) is 18.4 Å². The quantitative estimate of drug-likeness (QED) is 0.491. The van der Waals surface area contributed by atoms with Gasteiger partial charge in [-0.3, -0.25) is 24.7 Å². The molecule has 0 bridgehead atoms. The second-order valence-corrected chi connectivity index (χ2v) is 6.94. The molecule has 156 valence electrons. The summed E-state index contributed by atoms with van der Waals surface area (Å²) in [5.74, 6) is -0.551. The summed E-state index contributed by atoms with van der Waals surface area (Å²) in [6, 6.07) is 8.41. The minimum atomic E-state index is -0.543. The molecule has 30 heavy (non-hydrogen) atoms. The minimum Gasteiger partial charge on any atom is -0.366 e. The van der Waals surface area contributed by atoms with E-state index >= 15 is 0 Å². The van der Waals surface area contributed by atoms with Gasteiger partial charge >= 0.3 is 0 Å². The molecule has 0 aliphatic heterocycles. The van der Waals surface area contributed by atoms with E-state index in [9.17, 15) is 14.4 Å². The summed E-state index contributed by atoms with van der Waals surface area (Å²) in [6.07, 6.45) is 3.16. The third-order valence-corrected chi connectivity index (χ3v) is 4.69. The normalized spacial score (nSPS) is 10.7. The number of nitrogens with two attached hydrogens (primary N) is 1. The standard InChI is InChI=1S/C21H24N6O3/c1-13-16(6-5-10-23-13)20(30)26-21-25-17-12-15(19(22)29)7-8-18(17)27(21)11-4-3-9-24-14(2)28/h5-8,10,12H,3-4,9,11H2,1-2H3,(H2,22,29)(H,24,28)(H,25,26,30). The highest BCUT2D eigenvalue weighted by Gasteiger charge is 2.17. The van der Waals surface area contributed by atoms with Crippen molar-refractivity contribution in [3.63, 3.8) is 0 Å². The molecule has 2 heterocycles. The van der Waals surface area contributed by atoms with E-state index in [4.69, 9.17) is 5.73 Å². The summed E-state index contributed by atoms with van der Waals surface area (Å²) in [6.45, 7) is 4.39. The smallest absolute Gasteiger partial charge is 0.259 e. The van der Waals surface area contributed by atoms with Gasteiger partial charge in [-0.25, -0.2) is 4.98 Å². The second kappa shape index (κ2) is 9.17. The number of benzene rings is 1. The Kier molecular flexibility index (Phi) is 6.41. The molecule has 0 saturated heterocycles. The van der Waals surface area contributed by atoms with Crippen LogP contribution in [0.15, 0.2) is 36.5 Å². The number of imidazole rings is 1. The van der Waals surface area contributed by atoms with Gasteiger partial charge in [0.1, 0.15) is 0 Å². The first-order valence-corrected chi connectivity index (χ1v) is 9.64. The molecule has 3 amide bonds. The summed E-state index contributed by atoms with van der Waals surface area (Å²) < 4.78 is 1.89. The Morgan fingerprint density at radius 1 is 1.17 bits per heavy atom. The Bertz CT molecular complexity index is 1110. The number of pyridine rings is 1. The number of carbonyl (C=O) groups excluding carboxylic acids is 3. The lowest BCUT2D eigenvalue weighted by molar-refractivity contribution is -0.118. The summed E-state index contributed by atoms with van der Waals surface area (Å²) >= 11 is 0. The fraction of sp³-hybridized carbons (Fsp3) is 0.286. The van der Waals surface area contributed by atoms with Crippen LogP contribution in [0.1, 0.15) is 46.2 Å². The Morgan fingerprint density at radius 2 is 1.97 bits per heavy atom. The molecule has 2 aromatic heterocycles. The van der Waals surface area contributed by atoms with Crippen molar-refractivity contribution >= 4 is 34.7 Å². The number of hydrogen-bond acceptors (Lipinski definition) is 5. The number of primary amides is 1. The molecule has 0 aliphatic carbocycles. The van der Waals surface area contributed by atoms with Gasteiger partial charge in [0.15, 0.2) is 0 Å². The van der Waals surface area contributed by atoms with Gasteiger partial charge in [0.05, 0.1) is 16.6 Å². The third-order valence-electron chi connectivity index (χ3n) is 4.69. The monoisotopic (exact) mass is 408 g/mol. The molecule has 3 rings (SSSR count). The Morgan fingerprint density at radius 3 is 2.67 bits per heavy atom. The zero-order chi connectivity index (χ0) is 21.7. The van der Waals surface area contributed by atoms with E-state index in [-0.39, 0.29) is 11.8 Å². The van der Waals surface area contributed by atoms with E-state index in [1.807, 2.05) is 4.57 Å². The predicted molar refractivity (Wildman–Crippen MR) is 113 cm³/mol. The number of nitrogens with one attached hydrogen (secondary N) is 2. The van der Waals surface area contributed by atoms with Crippen molar-refractivity contribution in [1.29, 1.82) is 0 Å². The lowest BCUT2D eigenvalue weighted by Crippen LogP contribution is -2.21. The molecule has 0 spiro atoms. The lowest BCUT2D eigenvalue weighted by atomic mass is 10.2. The van der Waals surface area contributed by atoms with Gasteiger partial charge in [-0.05, 0) is 50.1 Å². The van der Waals surface area contributed by atoms with E-state index < -0.39 is 5.91 Å². The van der Waals surface area contributed by atoms with Crippen molar-refractivity contribution in [2.45, 2.75) is 33.2 Å². The molecule has 0 radical (unpaired) electrons. The largest absolute Gasteiger partial charge is 0.366 e. The van der Waals surface area contributed by atoms with Crippen molar-refractivity contribution in [2.24, 2.45) is 5.73 Å². The highest BCUT2D eigenvalue weighted by Crippen LogP contribution is 2.22. The van der Waals surface area contributed by atoms with Gasteiger partial charge < -0.3 is 15.6 Å². The first-order valence-electron chi connectivity index (χ1n) is 9.64. The number of amides is 3. The van der Waals surface area contributed by atoms with Gasteiger partial charge in [0, 0.05) is 37.5 Å². The van der Waals surface area contributed by atoms with Crippen molar-refractivity contribution in [3.8, 4) is 0 Å². The van der Waals surface area contributed by atoms with Crippen LogP contribution in [0, 0.1) is 6.92 Å². The molecular weight excluding hydrogens is 384 g/mol. The lowest BCUT2D eigenvalue weighted by Gasteiger charge is -2.11. The van der Waals surface area contributed by atoms with Crippen molar-refractivity contribution in [1.82, 2.24) is 19.9 Å². The van der Waals surface area contributed by atoms with Gasteiger partial charge in [-0.2, -0.15) is 0 Å². The number of nitrogens with zero attached hydrogens (tertiary/aromatic N) is 3. The van der Waals surface area contributed by atoms with Crippen LogP contribution < -0.4 is 16.4 Å². The molecule has 4 N–H and O–H groups in total. The predicted octanol–water partition coefficient (Wildman–Crippen LogP) is 2.01. The molecule has 9 nitrogen and oxygen atoms in total. The van der Waals surface area contributed by atoms with Gasteiger partial charge in [0.25, 0.3) is 5.91 Å². The number of anilines is 1. The maximum Gasteiger partial charge on any atom is 0.259 e. The maximum atomic E-state index is 12.8. The Labute approximate surface area is 173 Å². The van der Waals surface area contributed by atoms with Crippen LogP contribution >= 0.6 is 0 Å². The van der Waals surface area contributed by atoms with Crippen LogP contribution in [0.25, 0.3) is 11.0 Å². The molecule has 9 heteroatoms. The second-order valence-electron chi connectivity index (χ2n) is 6.94. The van der Waals surface area contributed by atoms with Crippen LogP contribution in [-0.2, 0) is 11.3 Å². The first-order chi connectivity index (χ1) is 14.4. The molecule has 0 saturated carbocycles. The van der Waals surface area contributed by atoms with E-state index in [2.05, 4.69) is 20.6 Å². The number of aromatic nitrogens is 3. The Balaban J connectivity index is 1.88. The SMILES string of the molecule is CC(=O)NCCCCn1c(NC(=O)c2cccnc2C)nc2cc(C(N)=O)ccc21. The van der Waals surface area contributed by atoms with Gasteiger partial charge in [0.2, 0.25) is 17.8 Å². The van der Waals surface area contributed by atoms with Crippen molar-refractivity contribution < 1.29 is 14.4 Å². The number of fused-ring (bicyclic) bond motifs is 1. The summed E-state index contributed by atoms with van der Waals surface area (Å²) in [5, 5.41) is 5.62. The Hall–Kier alpha value is -3.75. The van der Waals surface area contributed by atoms with E-state index in [1.54, 1.807) is 43.5 Å². The number of hydrogen-bond donors (Lipinski definition) is 3. The average molecular weight is 408 g/mol. The number of carbonyl (C=O) groups is 3. The van der Waals surface area contributed by atoms with Crippen LogP contribution in [0.3, 0.4) is 0 Å². The zero-order valence-corrected chi connectivity index (χ0v) is 16.9. The molecule has 0 atom stereocenters. The first kappa shape index (κ1) is 21.0.